The molecule has 2 N–H and O–H groups in total. The molecule has 2 unspecified atom stereocenters. The van der Waals surface area contributed by atoms with Crippen molar-refractivity contribution in [3.05, 3.63) is 24.3 Å². The maximum absolute atomic E-state index is 12.3. The highest BCUT2D eigenvalue weighted by Gasteiger charge is 2.30. The van der Waals surface area contributed by atoms with Crippen molar-refractivity contribution < 1.29 is 21.6 Å². The van der Waals surface area contributed by atoms with E-state index < -0.39 is 15.5 Å². The van der Waals surface area contributed by atoms with E-state index in [4.69, 9.17) is 0 Å². The van der Waals surface area contributed by atoms with E-state index in [9.17, 15) is 21.6 Å². The maximum Gasteiger partial charge on any atom is 0.446 e. The smallest absolute Gasteiger partial charge is 0.316 e. The Kier molecular flexibility index (Phi) is 5.41. The van der Waals surface area contributed by atoms with Crippen LogP contribution in [-0.4, -0.2) is 33.1 Å². The minimum atomic E-state index is -4.39. The largest absolute Gasteiger partial charge is 0.446 e. The molecule has 0 aromatic heterocycles. The number of thioether (sulfide) groups is 1. The van der Waals surface area contributed by atoms with Crippen molar-refractivity contribution in [2.75, 3.05) is 13.1 Å². The zero-order chi connectivity index (χ0) is 16.4. The highest BCUT2D eigenvalue weighted by Crippen LogP contribution is 2.36. The fourth-order valence-electron chi connectivity index (χ4n) is 2.28. The van der Waals surface area contributed by atoms with Crippen molar-refractivity contribution in [3.63, 3.8) is 0 Å². The maximum atomic E-state index is 12.3. The molecule has 0 radical (unpaired) electrons. The third kappa shape index (κ3) is 4.87. The molecule has 0 spiro atoms. The van der Waals surface area contributed by atoms with Gasteiger partial charge in [-0.2, -0.15) is 13.2 Å². The second-order valence-corrected chi connectivity index (χ2v) is 8.07. The third-order valence-corrected chi connectivity index (χ3v) is 5.70. The monoisotopic (exact) mass is 354 g/mol. The number of benzene rings is 1. The number of nitrogens with one attached hydrogen (secondary N) is 2. The number of rotatable bonds is 4. The number of hydrogen-bond acceptors (Lipinski definition) is 4. The summed E-state index contributed by atoms with van der Waals surface area (Å²) in [7, 11) is -3.72. The lowest BCUT2D eigenvalue weighted by atomic mass is 9.97. The lowest BCUT2D eigenvalue weighted by molar-refractivity contribution is -0.0328. The molecule has 0 aliphatic carbocycles. The molecule has 4 nitrogen and oxygen atoms in total. The molecular formula is C13H17F3N2O2S2. The molecule has 22 heavy (non-hydrogen) atoms. The fraction of sp³-hybridized carbons (Fsp3) is 0.538. The molecule has 1 aromatic rings. The second-order valence-electron chi connectivity index (χ2n) is 5.22. The molecule has 2 atom stereocenters. The number of halogens is 3. The van der Waals surface area contributed by atoms with Crippen molar-refractivity contribution in [1.29, 1.82) is 0 Å². The summed E-state index contributed by atoms with van der Waals surface area (Å²) in [4.78, 5) is -0.0635. The van der Waals surface area contributed by atoms with Crippen molar-refractivity contribution in [2.24, 2.45) is 5.92 Å². The quantitative estimate of drug-likeness (QED) is 0.816. The van der Waals surface area contributed by atoms with E-state index in [1.807, 2.05) is 6.92 Å². The van der Waals surface area contributed by atoms with Gasteiger partial charge in [0.1, 0.15) is 0 Å². The average molecular weight is 354 g/mol. The molecule has 1 aliphatic heterocycles. The van der Waals surface area contributed by atoms with Crippen LogP contribution in [0.25, 0.3) is 0 Å². The summed E-state index contributed by atoms with van der Waals surface area (Å²) in [6, 6.07) is 4.55. The van der Waals surface area contributed by atoms with Gasteiger partial charge in [-0.3, -0.25) is 0 Å². The van der Waals surface area contributed by atoms with Crippen LogP contribution in [0.5, 0.6) is 0 Å². The Morgan fingerprint density at radius 2 is 1.91 bits per heavy atom. The highest BCUT2D eigenvalue weighted by atomic mass is 32.2. The predicted octanol–water partition coefficient (Wildman–Crippen LogP) is 2.57. The van der Waals surface area contributed by atoms with Gasteiger partial charge in [-0.05, 0) is 61.5 Å². The standard InChI is InChI=1S/C13H17F3N2O2S2/c1-9-8-17-7-6-12(9)18-22(19,20)11-4-2-10(3-5-11)21-13(14,15)16/h2-5,9,12,17-18H,6-8H2,1H3. The summed E-state index contributed by atoms with van der Waals surface area (Å²) in [5.74, 6) is 0.156. The zero-order valence-electron chi connectivity index (χ0n) is 11.9. The van der Waals surface area contributed by atoms with Gasteiger partial charge in [0.15, 0.2) is 0 Å². The van der Waals surface area contributed by atoms with Gasteiger partial charge < -0.3 is 5.32 Å². The first-order valence-electron chi connectivity index (χ1n) is 6.76. The van der Waals surface area contributed by atoms with E-state index in [0.29, 0.717) is 6.42 Å². The molecule has 1 aliphatic rings. The molecule has 1 heterocycles. The molecule has 0 amide bonds. The topological polar surface area (TPSA) is 58.2 Å². The first kappa shape index (κ1) is 17.6. The van der Waals surface area contributed by atoms with Crippen LogP contribution in [-0.2, 0) is 10.0 Å². The van der Waals surface area contributed by atoms with Gasteiger partial charge in [0, 0.05) is 10.9 Å². The lowest BCUT2D eigenvalue weighted by Gasteiger charge is -2.29. The van der Waals surface area contributed by atoms with Gasteiger partial charge in [-0.25, -0.2) is 13.1 Å². The van der Waals surface area contributed by atoms with E-state index in [1.54, 1.807) is 0 Å². The van der Waals surface area contributed by atoms with E-state index in [-0.39, 0.29) is 33.5 Å². The number of hydrogen-bond donors (Lipinski definition) is 2. The SMILES string of the molecule is CC1CNCCC1NS(=O)(=O)c1ccc(SC(F)(F)F)cc1. The van der Waals surface area contributed by atoms with Crippen molar-refractivity contribution in [1.82, 2.24) is 10.0 Å². The zero-order valence-corrected chi connectivity index (χ0v) is 13.5. The third-order valence-electron chi connectivity index (χ3n) is 3.46. The van der Waals surface area contributed by atoms with Gasteiger partial charge in [0.05, 0.1) is 4.90 Å². The lowest BCUT2D eigenvalue weighted by Crippen LogP contribution is -2.48. The first-order chi connectivity index (χ1) is 10.2. The first-order valence-corrected chi connectivity index (χ1v) is 9.06. The Morgan fingerprint density at radius 1 is 1.27 bits per heavy atom. The summed E-state index contributed by atoms with van der Waals surface area (Å²) in [6.07, 6.45) is 0.683. The van der Waals surface area contributed by atoms with Crippen molar-refractivity contribution in [2.45, 2.75) is 34.7 Å². The Balaban J connectivity index is 2.09. The molecule has 124 valence electrons. The Labute approximate surface area is 131 Å². The van der Waals surface area contributed by atoms with Crippen LogP contribution in [0.1, 0.15) is 13.3 Å². The van der Waals surface area contributed by atoms with Gasteiger partial charge >= 0.3 is 5.51 Å². The van der Waals surface area contributed by atoms with Gasteiger partial charge in [0.2, 0.25) is 10.0 Å². The van der Waals surface area contributed by atoms with Crippen molar-refractivity contribution in [3.8, 4) is 0 Å². The van der Waals surface area contributed by atoms with Crippen molar-refractivity contribution >= 4 is 21.8 Å². The van der Waals surface area contributed by atoms with Crippen LogP contribution < -0.4 is 10.0 Å². The Hall–Kier alpha value is -0.770. The van der Waals surface area contributed by atoms with Crippen LogP contribution >= 0.6 is 11.8 Å². The summed E-state index contributed by atoms with van der Waals surface area (Å²) in [6.45, 7) is 3.41. The van der Waals surface area contributed by atoms with Gasteiger partial charge in [-0.1, -0.05) is 6.92 Å². The summed E-state index contributed by atoms with van der Waals surface area (Å²) in [5.41, 5.74) is -4.39. The van der Waals surface area contributed by atoms with Gasteiger partial charge in [-0.15, -0.1) is 0 Å². The van der Waals surface area contributed by atoms with E-state index in [0.717, 1.165) is 13.1 Å². The Bertz CT molecular complexity index is 603. The summed E-state index contributed by atoms with van der Waals surface area (Å²) < 4.78 is 64.0. The molecule has 9 heteroatoms. The molecule has 1 fully saturated rings. The number of alkyl halides is 3. The average Bonchev–Trinajstić information content (AvgIpc) is 2.40. The molecular weight excluding hydrogens is 337 g/mol. The molecule has 1 saturated heterocycles. The minimum absolute atomic E-state index is 0.0234. The second kappa shape index (κ2) is 6.77. The van der Waals surface area contributed by atoms with E-state index in [2.05, 4.69) is 10.0 Å². The highest BCUT2D eigenvalue weighted by molar-refractivity contribution is 8.00. The fourth-order valence-corrected chi connectivity index (χ4v) is 4.20. The summed E-state index contributed by atoms with van der Waals surface area (Å²) >= 11 is -0.267. The Morgan fingerprint density at radius 3 is 2.45 bits per heavy atom. The van der Waals surface area contributed by atoms with E-state index in [1.165, 1.54) is 24.3 Å². The van der Waals surface area contributed by atoms with Crippen LogP contribution in [0.3, 0.4) is 0 Å². The minimum Gasteiger partial charge on any atom is -0.316 e. The predicted molar refractivity (Wildman–Crippen MR) is 79.1 cm³/mol. The van der Waals surface area contributed by atoms with E-state index >= 15 is 0 Å². The normalized spacial score (nSPS) is 23.5. The summed E-state index contributed by atoms with van der Waals surface area (Å²) in [5, 5.41) is 3.18. The van der Waals surface area contributed by atoms with Crippen LogP contribution in [0, 0.1) is 5.92 Å². The number of piperidine rings is 1. The molecule has 1 aromatic carbocycles. The van der Waals surface area contributed by atoms with Crippen LogP contribution in [0.4, 0.5) is 13.2 Å². The molecule has 2 rings (SSSR count). The molecule has 0 bridgehead atoms. The van der Waals surface area contributed by atoms with Gasteiger partial charge in [0.25, 0.3) is 0 Å². The molecule has 0 saturated carbocycles. The van der Waals surface area contributed by atoms with Crippen LogP contribution in [0.2, 0.25) is 0 Å². The number of sulfonamides is 1. The van der Waals surface area contributed by atoms with Crippen LogP contribution in [0.15, 0.2) is 34.1 Å².